The van der Waals surface area contributed by atoms with Crippen LogP contribution in [0, 0.1) is 5.82 Å². The Morgan fingerprint density at radius 2 is 1.88 bits per heavy atom. The number of amides is 1. The van der Waals surface area contributed by atoms with E-state index in [1.807, 2.05) is 0 Å². The van der Waals surface area contributed by atoms with Crippen molar-refractivity contribution in [1.29, 1.82) is 0 Å². The number of ether oxygens (including phenoxy) is 1. The fourth-order valence-electron chi connectivity index (χ4n) is 2.97. The lowest BCUT2D eigenvalue weighted by Crippen LogP contribution is -2.32. The SMILES string of the molecule is O=C(COc1ccc(C=Nn2c(=O)[nH]c3ccccc3c2=O)cc1Cl)Nc1ccc(F)cc1. The van der Waals surface area contributed by atoms with E-state index in [1.54, 1.807) is 30.3 Å². The van der Waals surface area contributed by atoms with E-state index in [4.69, 9.17) is 16.3 Å². The second-order valence-electron chi connectivity index (χ2n) is 6.87. The van der Waals surface area contributed by atoms with E-state index < -0.39 is 23.0 Å². The molecule has 0 atom stereocenters. The zero-order valence-corrected chi connectivity index (χ0v) is 17.7. The van der Waals surface area contributed by atoms with Gasteiger partial charge in [0.1, 0.15) is 11.6 Å². The molecule has 3 aromatic carbocycles. The van der Waals surface area contributed by atoms with Crippen molar-refractivity contribution in [1.82, 2.24) is 9.66 Å². The van der Waals surface area contributed by atoms with Crippen molar-refractivity contribution in [3.8, 4) is 5.75 Å². The maximum Gasteiger partial charge on any atom is 0.349 e. The lowest BCUT2D eigenvalue weighted by molar-refractivity contribution is -0.118. The molecule has 0 aliphatic heterocycles. The number of rotatable bonds is 6. The van der Waals surface area contributed by atoms with Gasteiger partial charge in [0.25, 0.3) is 11.5 Å². The first-order valence-corrected chi connectivity index (χ1v) is 10.0. The molecule has 33 heavy (non-hydrogen) atoms. The van der Waals surface area contributed by atoms with Gasteiger partial charge in [-0.2, -0.15) is 5.10 Å². The number of carbonyl (C=O) groups excluding carboxylic acids is 1. The molecule has 0 aliphatic rings. The van der Waals surface area contributed by atoms with Crippen LogP contribution in [0.1, 0.15) is 5.56 Å². The number of anilines is 1. The number of fused-ring (bicyclic) bond motifs is 1. The first kappa shape index (κ1) is 22.0. The summed E-state index contributed by atoms with van der Waals surface area (Å²) >= 11 is 6.22. The summed E-state index contributed by atoms with van der Waals surface area (Å²) in [6, 6.07) is 16.6. The summed E-state index contributed by atoms with van der Waals surface area (Å²) in [6.45, 7) is -0.313. The smallest absolute Gasteiger partial charge is 0.349 e. The highest BCUT2D eigenvalue weighted by atomic mass is 35.5. The maximum absolute atomic E-state index is 12.9. The van der Waals surface area contributed by atoms with Gasteiger partial charge < -0.3 is 15.0 Å². The van der Waals surface area contributed by atoms with Crippen molar-refractivity contribution in [2.24, 2.45) is 5.10 Å². The monoisotopic (exact) mass is 466 g/mol. The van der Waals surface area contributed by atoms with Crippen molar-refractivity contribution in [2.45, 2.75) is 0 Å². The summed E-state index contributed by atoms with van der Waals surface area (Å²) in [4.78, 5) is 39.3. The van der Waals surface area contributed by atoms with Crippen LogP contribution in [0.15, 0.2) is 81.4 Å². The van der Waals surface area contributed by atoms with Gasteiger partial charge in [-0.25, -0.2) is 9.18 Å². The topological polar surface area (TPSA) is 106 Å². The Hall–Kier alpha value is -4.24. The maximum atomic E-state index is 12.9. The van der Waals surface area contributed by atoms with Gasteiger partial charge in [-0.1, -0.05) is 23.7 Å². The van der Waals surface area contributed by atoms with E-state index in [2.05, 4.69) is 15.4 Å². The van der Waals surface area contributed by atoms with Crippen molar-refractivity contribution >= 4 is 40.3 Å². The Morgan fingerprint density at radius 1 is 1.12 bits per heavy atom. The third-order valence-electron chi connectivity index (χ3n) is 4.55. The van der Waals surface area contributed by atoms with Crippen LogP contribution in [0.25, 0.3) is 10.9 Å². The van der Waals surface area contributed by atoms with Gasteiger partial charge in [0, 0.05) is 5.69 Å². The molecule has 1 heterocycles. The zero-order chi connectivity index (χ0) is 23.4. The first-order valence-electron chi connectivity index (χ1n) is 9.67. The number of nitrogens with zero attached hydrogens (tertiary/aromatic N) is 2. The highest BCUT2D eigenvalue weighted by molar-refractivity contribution is 6.32. The summed E-state index contributed by atoms with van der Waals surface area (Å²) in [6.07, 6.45) is 1.31. The number of H-pyrrole nitrogens is 1. The van der Waals surface area contributed by atoms with E-state index >= 15 is 0 Å². The average molecular weight is 467 g/mol. The number of carbonyl (C=O) groups is 1. The van der Waals surface area contributed by atoms with E-state index in [0.717, 1.165) is 4.68 Å². The van der Waals surface area contributed by atoms with Crippen molar-refractivity contribution < 1.29 is 13.9 Å². The Labute approximate surface area is 190 Å². The second-order valence-corrected chi connectivity index (χ2v) is 7.28. The van der Waals surface area contributed by atoms with E-state index in [9.17, 15) is 18.8 Å². The largest absolute Gasteiger partial charge is 0.482 e. The average Bonchev–Trinajstić information content (AvgIpc) is 2.80. The molecule has 0 fully saturated rings. The number of nitrogens with one attached hydrogen (secondary N) is 2. The van der Waals surface area contributed by atoms with Crippen LogP contribution in [0.5, 0.6) is 5.75 Å². The van der Waals surface area contributed by atoms with Crippen LogP contribution in [0.3, 0.4) is 0 Å². The molecule has 166 valence electrons. The van der Waals surface area contributed by atoms with Gasteiger partial charge in [0.2, 0.25) is 0 Å². The van der Waals surface area contributed by atoms with Gasteiger partial charge in [-0.15, -0.1) is 4.68 Å². The molecule has 0 radical (unpaired) electrons. The number of aromatic amines is 1. The Bertz CT molecular complexity index is 1480. The molecule has 1 aromatic heterocycles. The Morgan fingerprint density at radius 3 is 2.64 bits per heavy atom. The minimum atomic E-state index is -0.673. The molecule has 0 saturated heterocycles. The van der Waals surface area contributed by atoms with Gasteiger partial charge >= 0.3 is 5.69 Å². The van der Waals surface area contributed by atoms with Crippen molar-refractivity contribution in [3.05, 3.63) is 104 Å². The number of para-hydroxylation sites is 1. The minimum Gasteiger partial charge on any atom is -0.482 e. The highest BCUT2D eigenvalue weighted by Gasteiger charge is 2.08. The molecule has 4 rings (SSSR count). The third-order valence-corrected chi connectivity index (χ3v) is 4.84. The molecular weight excluding hydrogens is 451 g/mol. The normalized spacial score (nSPS) is 11.1. The minimum absolute atomic E-state index is 0.202. The molecule has 0 spiro atoms. The summed E-state index contributed by atoms with van der Waals surface area (Å²) in [5.41, 5.74) is 0.132. The van der Waals surface area contributed by atoms with Crippen LogP contribution in [0.2, 0.25) is 5.02 Å². The number of benzene rings is 3. The van der Waals surface area contributed by atoms with Gasteiger partial charge in [-0.05, 0) is 60.2 Å². The summed E-state index contributed by atoms with van der Waals surface area (Å²) in [7, 11) is 0. The number of hydrogen-bond acceptors (Lipinski definition) is 5. The van der Waals surface area contributed by atoms with Crippen molar-refractivity contribution in [2.75, 3.05) is 11.9 Å². The highest BCUT2D eigenvalue weighted by Crippen LogP contribution is 2.25. The molecule has 8 nitrogen and oxygen atoms in total. The van der Waals surface area contributed by atoms with E-state index in [1.165, 1.54) is 42.6 Å². The number of aromatic nitrogens is 2. The molecule has 4 aromatic rings. The van der Waals surface area contributed by atoms with E-state index in [-0.39, 0.29) is 17.4 Å². The summed E-state index contributed by atoms with van der Waals surface area (Å²) in [5.74, 6) is -0.600. The fourth-order valence-corrected chi connectivity index (χ4v) is 3.21. The lowest BCUT2D eigenvalue weighted by Gasteiger charge is -2.09. The molecule has 0 saturated carbocycles. The Balaban J connectivity index is 1.44. The molecule has 0 aliphatic carbocycles. The van der Waals surface area contributed by atoms with Crippen LogP contribution >= 0.6 is 11.6 Å². The van der Waals surface area contributed by atoms with Crippen LogP contribution < -0.4 is 21.3 Å². The van der Waals surface area contributed by atoms with Crippen molar-refractivity contribution in [3.63, 3.8) is 0 Å². The summed E-state index contributed by atoms with van der Waals surface area (Å²) < 4.78 is 19.1. The van der Waals surface area contributed by atoms with E-state index in [0.29, 0.717) is 22.2 Å². The van der Waals surface area contributed by atoms with Gasteiger partial charge in [0.05, 0.1) is 22.1 Å². The van der Waals surface area contributed by atoms with Crippen LogP contribution in [-0.2, 0) is 4.79 Å². The van der Waals surface area contributed by atoms with Gasteiger partial charge in [0.15, 0.2) is 6.61 Å². The quantitative estimate of drug-likeness (QED) is 0.425. The lowest BCUT2D eigenvalue weighted by atomic mass is 10.2. The number of halogens is 2. The standard InChI is InChI=1S/C23H16ClFN4O4/c24-18-11-14(12-26-29-22(31)17-3-1-2-4-19(17)28-23(29)32)5-10-20(18)33-13-21(30)27-16-8-6-15(25)7-9-16/h1-12H,13H2,(H,27,30)(H,28,32). The molecule has 0 unspecified atom stereocenters. The molecule has 10 heteroatoms. The number of hydrogen-bond donors (Lipinski definition) is 2. The third kappa shape index (κ3) is 5.16. The predicted octanol–water partition coefficient (Wildman–Crippen LogP) is 3.38. The zero-order valence-electron chi connectivity index (χ0n) is 16.9. The predicted molar refractivity (Wildman–Crippen MR) is 124 cm³/mol. The van der Waals surface area contributed by atoms with Crippen LogP contribution in [0.4, 0.5) is 10.1 Å². The molecular formula is C23H16ClFN4O4. The van der Waals surface area contributed by atoms with Gasteiger partial charge in [-0.3, -0.25) is 9.59 Å². The van der Waals surface area contributed by atoms with Crippen LogP contribution in [-0.4, -0.2) is 28.4 Å². The first-order chi connectivity index (χ1) is 15.9. The molecule has 0 bridgehead atoms. The molecule has 2 N–H and O–H groups in total. The second kappa shape index (κ2) is 9.49. The Kier molecular flexibility index (Phi) is 6.32. The summed E-state index contributed by atoms with van der Waals surface area (Å²) in [5, 5.41) is 7.07. The molecule has 1 amide bonds. The fraction of sp³-hybridized carbons (Fsp3) is 0.0435.